The van der Waals surface area contributed by atoms with Gasteiger partial charge in [-0.3, -0.25) is 9.59 Å². The van der Waals surface area contributed by atoms with Gasteiger partial charge in [-0.15, -0.1) is 11.8 Å². The van der Waals surface area contributed by atoms with Crippen molar-refractivity contribution in [3.8, 4) is 5.75 Å². The molecule has 2 atom stereocenters. The molecule has 0 saturated carbocycles. The zero-order chi connectivity index (χ0) is 15.0. The van der Waals surface area contributed by atoms with Crippen molar-refractivity contribution >= 4 is 29.3 Å². The van der Waals surface area contributed by atoms with Crippen LogP contribution in [0, 0.1) is 0 Å². The minimum Gasteiger partial charge on any atom is -0.497 e. The van der Waals surface area contributed by atoms with Crippen LogP contribution in [0.2, 0.25) is 0 Å². The fraction of sp³-hybridized carbons (Fsp3) is 0.467. The third kappa shape index (κ3) is 2.48. The maximum Gasteiger partial charge on any atom is 0.248 e. The van der Waals surface area contributed by atoms with E-state index in [0.717, 1.165) is 6.42 Å². The lowest BCUT2D eigenvalue weighted by Gasteiger charge is -2.29. The van der Waals surface area contributed by atoms with Crippen LogP contribution in [0.3, 0.4) is 0 Å². The summed E-state index contributed by atoms with van der Waals surface area (Å²) in [6.07, 6.45) is 1.35. The van der Waals surface area contributed by atoms with E-state index in [1.165, 1.54) is 0 Å². The van der Waals surface area contributed by atoms with Crippen LogP contribution in [0.5, 0.6) is 5.75 Å². The van der Waals surface area contributed by atoms with Gasteiger partial charge in [-0.25, -0.2) is 0 Å². The van der Waals surface area contributed by atoms with Crippen molar-refractivity contribution in [2.45, 2.75) is 30.7 Å². The third-order valence-electron chi connectivity index (χ3n) is 4.08. The van der Waals surface area contributed by atoms with Gasteiger partial charge in [-0.2, -0.15) is 0 Å². The minimum absolute atomic E-state index is 0.0771. The molecule has 2 saturated heterocycles. The Balaban J connectivity index is 1.75. The number of rotatable bonds is 3. The van der Waals surface area contributed by atoms with Gasteiger partial charge in [0.2, 0.25) is 11.8 Å². The van der Waals surface area contributed by atoms with E-state index in [-0.39, 0.29) is 22.7 Å². The first-order chi connectivity index (χ1) is 10.0. The predicted molar refractivity (Wildman–Crippen MR) is 82.4 cm³/mol. The van der Waals surface area contributed by atoms with Gasteiger partial charge in [-0.05, 0) is 25.5 Å². The first kappa shape index (κ1) is 14.3. The Kier molecular flexibility index (Phi) is 3.57. The molecule has 1 N–H and O–H groups in total. The molecule has 2 amide bonds. The van der Waals surface area contributed by atoms with E-state index >= 15 is 0 Å². The molecule has 2 aliphatic rings. The highest BCUT2D eigenvalue weighted by molar-refractivity contribution is 8.01. The Morgan fingerprint density at radius 1 is 1.52 bits per heavy atom. The average Bonchev–Trinajstić information content (AvgIpc) is 2.96. The van der Waals surface area contributed by atoms with Crippen LogP contribution >= 0.6 is 11.8 Å². The summed E-state index contributed by atoms with van der Waals surface area (Å²) in [5.41, 5.74) is 0.685. The van der Waals surface area contributed by atoms with Crippen LogP contribution in [0.1, 0.15) is 19.8 Å². The van der Waals surface area contributed by atoms with Crippen LogP contribution in [0.25, 0.3) is 0 Å². The number of anilines is 1. The van der Waals surface area contributed by atoms with Gasteiger partial charge in [0, 0.05) is 23.9 Å². The lowest BCUT2D eigenvalue weighted by molar-refractivity contribution is -0.135. The summed E-state index contributed by atoms with van der Waals surface area (Å²) in [6, 6.07) is 6.84. The number of fused-ring (bicyclic) bond motifs is 1. The molecule has 0 unspecified atom stereocenters. The molecule has 2 fully saturated rings. The van der Waals surface area contributed by atoms with Crippen LogP contribution in [-0.2, 0) is 9.59 Å². The van der Waals surface area contributed by atoms with E-state index in [9.17, 15) is 9.59 Å². The zero-order valence-corrected chi connectivity index (χ0v) is 12.9. The summed E-state index contributed by atoms with van der Waals surface area (Å²) in [6.45, 7) is 2.04. The van der Waals surface area contributed by atoms with Gasteiger partial charge in [0.05, 0.1) is 12.0 Å². The average molecular weight is 306 g/mol. The molecule has 2 heterocycles. The quantitative estimate of drug-likeness (QED) is 0.929. The van der Waals surface area contributed by atoms with Crippen molar-refractivity contribution in [2.75, 3.05) is 18.2 Å². The number of hydrogen-bond donors (Lipinski definition) is 1. The van der Waals surface area contributed by atoms with Crippen LogP contribution in [0.4, 0.5) is 5.69 Å². The molecule has 0 aliphatic carbocycles. The predicted octanol–water partition coefficient (Wildman–Crippen LogP) is 2.09. The Hall–Kier alpha value is -1.69. The number of thioether (sulfide) groups is 1. The maximum atomic E-state index is 12.5. The molecule has 0 bridgehead atoms. The lowest BCUT2D eigenvalue weighted by atomic mass is 10.2. The summed E-state index contributed by atoms with van der Waals surface area (Å²) >= 11 is 1.69. The van der Waals surface area contributed by atoms with E-state index in [0.29, 0.717) is 23.6 Å². The molecule has 2 aliphatic heterocycles. The molecule has 1 aromatic rings. The molecule has 5 nitrogen and oxygen atoms in total. The largest absolute Gasteiger partial charge is 0.497 e. The summed E-state index contributed by atoms with van der Waals surface area (Å²) in [5, 5.41) is 2.88. The number of nitrogens with zero attached hydrogens (tertiary/aromatic N) is 1. The second-order valence-corrected chi connectivity index (χ2v) is 6.99. The van der Waals surface area contributed by atoms with Crippen molar-refractivity contribution in [3.05, 3.63) is 24.3 Å². The molecule has 3 rings (SSSR count). The highest BCUT2D eigenvalue weighted by Gasteiger charge is 2.52. The van der Waals surface area contributed by atoms with E-state index < -0.39 is 0 Å². The number of nitrogens with one attached hydrogen (secondary N) is 1. The smallest absolute Gasteiger partial charge is 0.248 e. The Bertz CT molecular complexity index is 592. The first-order valence-corrected chi connectivity index (χ1v) is 7.93. The van der Waals surface area contributed by atoms with E-state index in [1.807, 2.05) is 25.1 Å². The van der Waals surface area contributed by atoms with Crippen molar-refractivity contribution in [3.63, 3.8) is 0 Å². The Morgan fingerprint density at radius 2 is 2.33 bits per heavy atom. The number of methoxy groups -OCH3 is 1. The van der Waals surface area contributed by atoms with Crippen LogP contribution in [-0.4, -0.2) is 40.5 Å². The highest BCUT2D eigenvalue weighted by atomic mass is 32.2. The Morgan fingerprint density at radius 3 is 3.10 bits per heavy atom. The van der Waals surface area contributed by atoms with Crippen molar-refractivity contribution in [1.29, 1.82) is 0 Å². The molecule has 0 radical (unpaired) electrons. The van der Waals surface area contributed by atoms with Gasteiger partial charge >= 0.3 is 0 Å². The van der Waals surface area contributed by atoms with Gasteiger partial charge in [0.15, 0.2) is 0 Å². The molecule has 112 valence electrons. The molecule has 0 spiro atoms. The molecule has 0 aromatic heterocycles. The maximum absolute atomic E-state index is 12.5. The monoisotopic (exact) mass is 306 g/mol. The minimum atomic E-state index is -0.388. The van der Waals surface area contributed by atoms with E-state index in [2.05, 4.69) is 5.32 Å². The number of carbonyl (C=O) groups excluding carboxylic acids is 2. The summed E-state index contributed by atoms with van der Waals surface area (Å²) in [4.78, 5) is 26.1. The summed E-state index contributed by atoms with van der Waals surface area (Å²) < 4.78 is 5.14. The van der Waals surface area contributed by atoms with Gasteiger partial charge in [0.1, 0.15) is 11.8 Å². The van der Waals surface area contributed by atoms with E-state index in [1.54, 1.807) is 29.8 Å². The van der Waals surface area contributed by atoms with Crippen molar-refractivity contribution < 1.29 is 14.3 Å². The second-order valence-electron chi connectivity index (χ2n) is 5.49. The first-order valence-electron chi connectivity index (χ1n) is 6.94. The molecule has 21 heavy (non-hydrogen) atoms. The summed E-state index contributed by atoms with van der Waals surface area (Å²) in [7, 11) is 1.59. The number of amides is 2. The third-order valence-corrected chi connectivity index (χ3v) is 5.59. The number of carbonyl (C=O) groups is 2. The fourth-order valence-corrected chi connectivity index (χ4v) is 4.37. The van der Waals surface area contributed by atoms with Crippen LogP contribution < -0.4 is 10.1 Å². The van der Waals surface area contributed by atoms with Crippen molar-refractivity contribution in [1.82, 2.24) is 4.90 Å². The van der Waals surface area contributed by atoms with Gasteiger partial charge < -0.3 is 15.0 Å². The second kappa shape index (κ2) is 5.26. The molecule has 1 aromatic carbocycles. The SMILES string of the molecule is COc1cccc(NC(=O)[C@@H]2CS[C@]3(C)CCC(=O)N23)c1. The molecular formula is C15H18N2O3S. The highest BCUT2D eigenvalue weighted by Crippen LogP contribution is 2.47. The molecule has 6 heteroatoms. The normalized spacial score (nSPS) is 27.6. The fourth-order valence-electron chi connectivity index (χ4n) is 2.94. The van der Waals surface area contributed by atoms with Gasteiger partial charge in [0.25, 0.3) is 0 Å². The molecular weight excluding hydrogens is 288 g/mol. The Labute approximate surface area is 128 Å². The lowest BCUT2D eigenvalue weighted by Crippen LogP contribution is -2.48. The topological polar surface area (TPSA) is 58.6 Å². The van der Waals surface area contributed by atoms with Crippen LogP contribution in [0.15, 0.2) is 24.3 Å². The zero-order valence-electron chi connectivity index (χ0n) is 12.1. The number of hydrogen-bond acceptors (Lipinski definition) is 4. The standard InChI is InChI=1S/C15H18N2O3S/c1-15-7-6-13(18)17(15)12(9-21-15)14(19)16-10-4-3-5-11(8-10)20-2/h3-5,8,12H,6-7,9H2,1-2H3,(H,16,19)/t12-,15+/m0/s1. The summed E-state index contributed by atoms with van der Waals surface area (Å²) in [5.74, 6) is 1.29. The number of ether oxygens (including phenoxy) is 1. The van der Waals surface area contributed by atoms with E-state index in [4.69, 9.17) is 4.74 Å². The van der Waals surface area contributed by atoms with Gasteiger partial charge in [-0.1, -0.05) is 6.07 Å². The number of benzene rings is 1. The van der Waals surface area contributed by atoms with Crippen molar-refractivity contribution in [2.24, 2.45) is 0 Å².